The van der Waals surface area contributed by atoms with Gasteiger partial charge in [-0.1, -0.05) is 50.3 Å². The lowest BCUT2D eigenvalue weighted by Crippen LogP contribution is -2.47. The molecule has 1 aromatic heterocycles. The molecule has 0 amide bonds. The summed E-state index contributed by atoms with van der Waals surface area (Å²) in [6.07, 6.45) is 9.98. The summed E-state index contributed by atoms with van der Waals surface area (Å²) < 4.78 is 11.5. The number of oxazole rings is 1. The highest BCUT2D eigenvalue weighted by atomic mass is 16.5. The van der Waals surface area contributed by atoms with Crippen LogP contribution >= 0.6 is 0 Å². The van der Waals surface area contributed by atoms with E-state index in [2.05, 4.69) is 85.0 Å². The van der Waals surface area contributed by atoms with E-state index in [-0.39, 0.29) is 6.04 Å². The van der Waals surface area contributed by atoms with Gasteiger partial charge in [-0.15, -0.1) is 0 Å². The average molecular weight is 474 g/mol. The van der Waals surface area contributed by atoms with E-state index < -0.39 is 0 Å². The number of benzene rings is 2. The van der Waals surface area contributed by atoms with Crippen LogP contribution in [0.4, 0.5) is 0 Å². The Labute approximate surface area is 210 Å². The monoisotopic (exact) mass is 473 g/mol. The fourth-order valence-corrected chi connectivity index (χ4v) is 5.00. The van der Waals surface area contributed by atoms with Gasteiger partial charge >= 0.3 is 0 Å². The zero-order valence-corrected chi connectivity index (χ0v) is 21.9. The van der Waals surface area contributed by atoms with Crippen LogP contribution in [0.3, 0.4) is 0 Å². The molecule has 5 nitrogen and oxygen atoms in total. The molecule has 0 saturated carbocycles. The number of methoxy groups -OCH3 is 1. The van der Waals surface area contributed by atoms with E-state index in [4.69, 9.17) is 9.15 Å². The van der Waals surface area contributed by atoms with Gasteiger partial charge in [0.25, 0.3) is 0 Å². The van der Waals surface area contributed by atoms with Crippen LogP contribution in [-0.2, 0) is 19.5 Å². The van der Waals surface area contributed by atoms with Crippen LogP contribution in [0.2, 0.25) is 0 Å². The van der Waals surface area contributed by atoms with Gasteiger partial charge in [-0.05, 0) is 60.6 Å². The number of allylic oxidation sites excluding steroid dienone is 1. The quantitative estimate of drug-likeness (QED) is 0.362. The molecule has 0 N–H and O–H groups in total. The maximum absolute atomic E-state index is 5.91. The lowest BCUT2D eigenvalue weighted by atomic mass is 9.93. The zero-order chi connectivity index (χ0) is 24.8. The third kappa shape index (κ3) is 5.85. The highest BCUT2D eigenvalue weighted by Crippen LogP contribution is 2.35. The molecule has 0 radical (unpaired) electrons. The molecule has 1 fully saturated rings. The Morgan fingerprint density at radius 3 is 2.57 bits per heavy atom. The Morgan fingerprint density at radius 2 is 1.91 bits per heavy atom. The van der Waals surface area contributed by atoms with Crippen molar-refractivity contribution in [3.05, 3.63) is 88.1 Å². The van der Waals surface area contributed by atoms with Crippen molar-refractivity contribution in [2.24, 2.45) is 0 Å². The summed E-state index contributed by atoms with van der Waals surface area (Å²) in [6.45, 7) is 13.2. The molecular weight excluding hydrogens is 434 g/mol. The van der Waals surface area contributed by atoms with Crippen LogP contribution in [0.15, 0.2) is 53.3 Å². The predicted molar refractivity (Wildman–Crippen MR) is 143 cm³/mol. The number of ether oxygens (including phenoxy) is 1. The molecule has 5 heteroatoms. The first-order chi connectivity index (χ1) is 17.0. The van der Waals surface area contributed by atoms with Crippen molar-refractivity contribution < 1.29 is 9.15 Å². The number of hydrogen-bond donors (Lipinski definition) is 0. The van der Waals surface area contributed by atoms with Crippen LogP contribution in [0.5, 0.6) is 5.75 Å². The fraction of sp³-hybridized carbons (Fsp3) is 0.433. The molecule has 35 heavy (non-hydrogen) atoms. The second-order valence-corrected chi connectivity index (χ2v) is 9.47. The summed E-state index contributed by atoms with van der Waals surface area (Å²) in [4.78, 5) is 9.42. The van der Waals surface area contributed by atoms with Gasteiger partial charge in [0.15, 0.2) is 0 Å². The summed E-state index contributed by atoms with van der Waals surface area (Å²) in [5.41, 5.74) is 7.90. The van der Waals surface area contributed by atoms with E-state index in [1.54, 1.807) is 19.6 Å². The molecule has 1 aliphatic heterocycles. The summed E-state index contributed by atoms with van der Waals surface area (Å²) in [5, 5.41) is 0. The number of rotatable bonds is 9. The predicted octanol–water partition coefficient (Wildman–Crippen LogP) is 6.34. The van der Waals surface area contributed by atoms with Gasteiger partial charge in [-0.3, -0.25) is 9.80 Å². The number of aryl methyl sites for hydroxylation is 2. The van der Waals surface area contributed by atoms with Gasteiger partial charge in [-0.2, -0.15) is 0 Å². The Kier molecular flexibility index (Phi) is 8.42. The van der Waals surface area contributed by atoms with Gasteiger partial charge in [0, 0.05) is 37.8 Å². The molecule has 4 rings (SSSR count). The van der Waals surface area contributed by atoms with Crippen LogP contribution in [0, 0.1) is 13.8 Å². The van der Waals surface area contributed by atoms with E-state index in [1.807, 2.05) is 0 Å². The highest BCUT2D eigenvalue weighted by Gasteiger charge is 2.30. The van der Waals surface area contributed by atoms with Gasteiger partial charge in [0.2, 0.25) is 5.89 Å². The fourth-order valence-electron chi connectivity index (χ4n) is 5.00. The third-order valence-corrected chi connectivity index (χ3v) is 7.26. The number of hydrogen-bond acceptors (Lipinski definition) is 5. The molecule has 0 aliphatic carbocycles. The molecule has 186 valence electrons. The normalized spacial score (nSPS) is 17.3. The van der Waals surface area contributed by atoms with Crippen molar-refractivity contribution in [1.29, 1.82) is 0 Å². The van der Waals surface area contributed by atoms with Crippen molar-refractivity contribution in [3.63, 3.8) is 0 Å². The minimum atomic E-state index is 0.277. The standard InChI is InChI=1S/C30H39N3O2/c1-6-8-9-26-23(4)22(3)18-29(34-5)27(26)19-33-16-15-32(21-30-31-14-17-35-30)20-28(33)25-12-10-24(7-2)11-13-25/h8-14,17-18,28H,6-7,15-16,19-21H2,1-5H3/b9-8-. The van der Waals surface area contributed by atoms with E-state index in [9.17, 15) is 0 Å². The van der Waals surface area contributed by atoms with Crippen LogP contribution in [-0.4, -0.2) is 41.5 Å². The van der Waals surface area contributed by atoms with Gasteiger partial charge < -0.3 is 9.15 Å². The van der Waals surface area contributed by atoms with Crippen molar-refractivity contribution in [2.75, 3.05) is 26.7 Å². The van der Waals surface area contributed by atoms with Gasteiger partial charge in [-0.25, -0.2) is 4.98 Å². The molecule has 3 aromatic rings. The maximum atomic E-state index is 5.91. The van der Waals surface area contributed by atoms with Crippen molar-refractivity contribution >= 4 is 6.08 Å². The summed E-state index contributed by atoms with van der Waals surface area (Å²) in [5.74, 6) is 1.76. The molecule has 0 spiro atoms. The van der Waals surface area contributed by atoms with Crippen LogP contribution in [0.25, 0.3) is 6.08 Å². The Bertz CT molecular complexity index is 1120. The lowest BCUT2D eigenvalue weighted by molar-refractivity contribution is 0.0582. The minimum absolute atomic E-state index is 0.277. The molecule has 1 saturated heterocycles. The first kappa shape index (κ1) is 25.2. The average Bonchev–Trinajstić information content (AvgIpc) is 3.39. The number of aromatic nitrogens is 1. The molecule has 2 heterocycles. The van der Waals surface area contributed by atoms with Crippen LogP contribution < -0.4 is 4.74 Å². The summed E-state index contributed by atoms with van der Waals surface area (Å²) >= 11 is 0. The number of piperazine rings is 1. The minimum Gasteiger partial charge on any atom is -0.496 e. The number of nitrogens with zero attached hydrogens (tertiary/aromatic N) is 3. The van der Waals surface area contributed by atoms with Crippen LogP contribution in [0.1, 0.15) is 65.6 Å². The van der Waals surface area contributed by atoms with E-state index in [1.165, 1.54) is 33.4 Å². The summed E-state index contributed by atoms with van der Waals surface area (Å²) in [7, 11) is 1.79. The maximum Gasteiger partial charge on any atom is 0.208 e. The van der Waals surface area contributed by atoms with Gasteiger partial charge in [0.05, 0.1) is 19.9 Å². The zero-order valence-electron chi connectivity index (χ0n) is 21.9. The first-order valence-corrected chi connectivity index (χ1v) is 12.8. The molecule has 0 bridgehead atoms. The largest absolute Gasteiger partial charge is 0.496 e. The SMILES string of the molecule is CC/C=C\c1c(C)c(C)cc(OC)c1CN1CCN(Cc2ncco2)CC1c1ccc(CC)cc1. The topological polar surface area (TPSA) is 41.7 Å². The van der Waals surface area contributed by atoms with E-state index in [0.717, 1.165) is 57.2 Å². The highest BCUT2D eigenvalue weighted by molar-refractivity contribution is 5.64. The molecule has 1 atom stereocenters. The Hall–Kier alpha value is -2.89. The Balaban J connectivity index is 1.67. The van der Waals surface area contributed by atoms with E-state index >= 15 is 0 Å². The molecular formula is C30H39N3O2. The first-order valence-electron chi connectivity index (χ1n) is 12.8. The summed E-state index contributed by atoms with van der Waals surface area (Å²) in [6, 6.07) is 11.6. The molecule has 2 aromatic carbocycles. The Morgan fingerprint density at radius 1 is 1.11 bits per heavy atom. The molecule has 1 unspecified atom stereocenters. The molecule has 1 aliphatic rings. The van der Waals surface area contributed by atoms with Crippen molar-refractivity contribution in [3.8, 4) is 5.75 Å². The lowest BCUT2D eigenvalue weighted by Gasteiger charge is -2.42. The van der Waals surface area contributed by atoms with Crippen molar-refractivity contribution in [1.82, 2.24) is 14.8 Å². The van der Waals surface area contributed by atoms with Crippen molar-refractivity contribution in [2.45, 2.75) is 59.7 Å². The van der Waals surface area contributed by atoms with E-state index in [0.29, 0.717) is 0 Å². The third-order valence-electron chi connectivity index (χ3n) is 7.26. The smallest absolute Gasteiger partial charge is 0.208 e. The second kappa shape index (κ2) is 11.7. The second-order valence-electron chi connectivity index (χ2n) is 9.47. The van der Waals surface area contributed by atoms with Gasteiger partial charge in [0.1, 0.15) is 12.0 Å².